The second-order valence-electron chi connectivity index (χ2n) is 5.08. The zero-order valence-electron chi connectivity index (χ0n) is 12.6. The first-order valence-electron chi connectivity index (χ1n) is 7.08. The van der Waals surface area contributed by atoms with Gasteiger partial charge in [0.25, 0.3) is 0 Å². The van der Waals surface area contributed by atoms with Crippen LogP contribution in [-0.4, -0.2) is 26.0 Å². The maximum Gasteiger partial charge on any atom is 0.363 e. The van der Waals surface area contributed by atoms with Crippen molar-refractivity contribution in [2.75, 3.05) is 0 Å². The van der Waals surface area contributed by atoms with Crippen LogP contribution in [0.4, 0.5) is 8.78 Å². The van der Waals surface area contributed by atoms with Crippen LogP contribution in [0.1, 0.15) is 11.1 Å². The highest BCUT2D eigenvalue weighted by molar-refractivity contribution is 7.91. The number of benzene rings is 2. The number of carbonyl (C=O) groups excluding carboxylic acids is 1. The molecule has 0 spiro atoms. The van der Waals surface area contributed by atoms with Crippen molar-refractivity contribution in [1.29, 1.82) is 0 Å². The largest absolute Gasteiger partial charge is 0.402 e. The van der Waals surface area contributed by atoms with Crippen LogP contribution in [-0.2, 0) is 19.4 Å². The van der Waals surface area contributed by atoms with Gasteiger partial charge in [0.15, 0.2) is 5.70 Å². The average molecular weight is 363 g/mol. The fourth-order valence-electron chi connectivity index (χ4n) is 2.13. The third-order valence-corrected chi connectivity index (χ3v) is 4.79. The number of esters is 1. The van der Waals surface area contributed by atoms with E-state index in [2.05, 4.69) is 4.99 Å². The van der Waals surface area contributed by atoms with Crippen LogP contribution in [0.25, 0.3) is 6.08 Å². The summed E-state index contributed by atoms with van der Waals surface area (Å²) in [4.78, 5) is 15.5. The smallest absolute Gasteiger partial charge is 0.363 e. The number of hydrogen-bond acceptors (Lipinski definition) is 5. The van der Waals surface area contributed by atoms with Crippen molar-refractivity contribution in [2.45, 2.75) is 10.7 Å². The number of aliphatic imine (C=N–C) groups is 1. The van der Waals surface area contributed by atoms with Gasteiger partial charge >= 0.3 is 11.7 Å². The molecule has 2 aromatic rings. The molecular formula is C17H11F2NO4S. The summed E-state index contributed by atoms with van der Waals surface area (Å²) < 4.78 is 52.9. The van der Waals surface area contributed by atoms with E-state index in [1.54, 1.807) is 24.3 Å². The fraction of sp³-hybridized carbons (Fsp3) is 0.0588. The normalized spacial score (nSPS) is 16.2. The van der Waals surface area contributed by atoms with Gasteiger partial charge < -0.3 is 4.74 Å². The molecule has 1 aliphatic heterocycles. The van der Waals surface area contributed by atoms with Crippen molar-refractivity contribution < 1.29 is 26.7 Å². The van der Waals surface area contributed by atoms with E-state index in [1.807, 2.05) is 6.07 Å². The fourth-order valence-corrected chi connectivity index (χ4v) is 2.85. The molecule has 25 heavy (non-hydrogen) atoms. The molecule has 5 nitrogen and oxygen atoms in total. The first-order chi connectivity index (χ1) is 11.9. The van der Waals surface area contributed by atoms with Crippen molar-refractivity contribution >= 4 is 27.8 Å². The minimum Gasteiger partial charge on any atom is -0.402 e. The van der Waals surface area contributed by atoms with Gasteiger partial charge in [-0.05, 0) is 35.9 Å². The average Bonchev–Trinajstić information content (AvgIpc) is 2.97. The number of cyclic esters (lactones) is 1. The predicted octanol–water partition coefficient (Wildman–Crippen LogP) is 3.03. The standard InChI is InChI=1S/C17H11F2NO4S/c18-17(19)25(22,23)13-8-6-11(7-9-13)10-14-16(21)24-15(20-14)12-4-2-1-3-5-12/h1-10,17H/b14-10-. The van der Waals surface area contributed by atoms with Gasteiger partial charge in [-0.2, -0.15) is 8.78 Å². The number of nitrogens with zero attached hydrogens (tertiary/aromatic N) is 1. The molecule has 8 heteroatoms. The van der Waals surface area contributed by atoms with Crippen LogP contribution in [0.15, 0.2) is 70.2 Å². The zero-order valence-corrected chi connectivity index (χ0v) is 13.4. The van der Waals surface area contributed by atoms with Crippen molar-refractivity contribution in [3.05, 3.63) is 71.4 Å². The molecule has 2 aromatic carbocycles. The van der Waals surface area contributed by atoms with E-state index in [1.165, 1.54) is 18.2 Å². The Balaban J connectivity index is 1.88. The van der Waals surface area contributed by atoms with E-state index >= 15 is 0 Å². The third kappa shape index (κ3) is 3.48. The summed E-state index contributed by atoms with van der Waals surface area (Å²) in [6, 6.07) is 13.6. The molecular weight excluding hydrogens is 352 g/mol. The van der Waals surface area contributed by atoms with Gasteiger partial charge in [-0.1, -0.05) is 30.3 Å². The highest BCUT2D eigenvalue weighted by Gasteiger charge is 2.27. The lowest BCUT2D eigenvalue weighted by Crippen LogP contribution is -2.11. The van der Waals surface area contributed by atoms with E-state index < -0.39 is 26.5 Å². The summed E-state index contributed by atoms with van der Waals surface area (Å²) >= 11 is 0. The molecule has 3 rings (SSSR count). The molecule has 0 saturated heterocycles. The lowest BCUT2D eigenvalue weighted by molar-refractivity contribution is -0.129. The Hall–Kier alpha value is -2.87. The number of alkyl halides is 2. The summed E-state index contributed by atoms with van der Waals surface area (Å²) in [6.45, 7) is 0. The second-order valence-corrected chi connectivity index (χ2v) is 6.99. The molecule has 128 valence electrons. The van der Waals surface area contributed by atoms with Gasteiger partial charge in [0.05, 0.1) is 4.90 Å². The van der Waals surface area contributed by atoms with E-state index in [9.17, 15) is 22.0 Å². The Morgan fingerprint density at radius 2 is 1.64 bits per heavy atom. The van der Waals surface area contributed by atoms with Crippen LogP contribution in [0, 0.1) is 0 Å². The van der Waals surface area contributed by atoms with Crippen molar-refractivity contribution in [3.8, 4) is 0 Å². The Morgan fingerprint density at radius 1 is 1.00 bits per heavy atom. The quantitative estimate of drug-likeness (QED) is 0.618. The molecule has 0 saturated carbocycles. The minimum absolute atomic E-state index is 0.0309. The van der Waals surface area contributed by atoms with Gasteiger partial charge in [0.1, 0.15) is 0 Å². The Labute approximate surface area is 142 Å². The van der Waals surface area contributed by atoms with Gasteiger partial charge in [0, 0.05) is 5.56 Å². The number of halogens is 2. The first kappa shape index (κ1) is 17.0. The highest BCUT2D eigenvalue weighted by Crippen LogP contribution is 2.22. The number of ether oxygens (including phenoxy) is 1. The van der Waals surface area contributed by atoms with E-state index in [4.69, 9.17) is 4.74 Å². The topological polar surface area (TPSA) is 72.8 Å². The molecule has 0 radical (unpaired) electrons. The van der Waals surface area contributed by atoms with Gasteiger partial charge in [-0.15, -0.1) is 0 Å². The molecule has 0 N–H and O–H groups in total. The van der Waals surface area contributed by atoms with Gasteiger partial charge in [-0.25, -0.2) is 18.2 Å². The molecule has 1 aliphatic rings. The predicted molar refractivity (Wildman–Crippen MR) is 86.7 cm³/mol. The van der Waals surface area contributed by atoms with Crippen LogP contribution < -0.4 is 0 Å². The summed E-state index contributed by atoms with van der Waals surface area (Å²) in [5.74, 6) is -3.98. The van der Waals surface area contributed by atoms with Crippen molar-refractivity contribution in [1.82, 2.24) is 0 Å². The molecule has 0 amide bonds. The zero-order chi connectivity index (χ0) is 18.0. The van der Waals surface area contributed by atoms with Crippen LogP contribution >= 0.6 is 0 Å². The van der Waals surface area contributed by atoms with Gasteiger partial charge in [-0.3, -0.25) is 0 Å². The van der Waals surface area contributed by atoms with Crippen molar-refractivity contribution in [2.24, 2.45) is 4.99 Å². The second kappa shape index (κ2) is 6.56. The molecule has 0 aromatic heterocycles. The molecule has 0 aliphatic carbocycles. The lowest BCUT2D eigenvalue weighted by atomic mass is 10.2. The first-order valence-corrected chi connectivity index (χ1v) is 8.62. The number of rotatable bonds is 4. The Morgan fingerprint density at radius 3 is 2.24 bits per heavy atom. The van der Waals surface area contributed by atoms with Crippen LogP contribution in [0.2, 0.25) is 0 Å². The molecule has 0 atom stereocenters. The Kier molecular flexibility index (Phi) is 4.45. The summed E-state index contributed by atoms with van der Waals surface area (Å²) in [7, 11) is -4.65. The molecule has 0 fully saturated rings. The third-order valence-electron chi connectivity index (χ3n) is 3.39. The summed E-state index contributed by atoms with van der Waals surface area (Å²) in [5, 5.41) is 0. The van der Waals surface area contributed by atoms with Crippen LogP contribution in [0.3, 0.4) is 0 Å². The summed E-state index contributed by atoms with van der Waals surface area (Å²) in [6.07, 6.45) is 1.39. The molecule has 0 unspecified atom stereocenters. The maximum absolute atomic E-state index is 12.5. The molecule has 1 heterocycles. The Bertz CT molecular complexity index is 965. The highest BCUT2D eigenvalue weighted by atomic mass is 32.2. The van der Waals surface area contributed by atoms with E-state index in [0.717, 1.165) is 12.1 Å². The summed E-state index contributed by atoms with van der Waals surface area (Å²) in [5.41, 5.74) is 1.10. The van der Waals surface area contributed by atoms with E-state index in [0.29, 0.717) is 11.1 Å². The van der Waals surface area contributed by atoms with E-state index in [-0.39, 0.29) is 11.6 Å². The monoisotopic (exact) mass is 363 g/mol. The molecule has 0 bridgehead atoms. The SMILES string of the molecule is O=C1OC(c2ccccc2)=N/C1=C\c1ccc(S(=O)(=O)C(F)F)cc1. The van der Waals surface area contributed by atoms with Gasteiger partial charge in [0.2, 0.25) is 15.7 Å². The number of carbonyl (C=O) groups is 1. The lowest BCUT2D eigenvalue weighted by Gasteiger charge is -2.03. The maximum atomic E-state index is 12.5. The van der Waals surface area contributed by atoms with Crippen LogP contribution in [0.5, 0.6) is 0 Å². The number of sulfone groups is 1. The minimum atomic E-state index is -4.65. The van der Waals surface area contributed by atoms with Crippen molar-refractivity contribution in [3.63, 3.8) is 0 Å². The number of hydrogen-bond donors (Lipinski definition) is 0.